The van der Waals surface area contributed by atoms with Crippen molar-refractivity contribution >= 4 is 11.8 Å². The molecule has 0 aromatic heterocycles. The van der Waals surface area contributed by atoms with Crippen molar-refractivity contribution in [2.24, 2.45) is 17.1 Å². The normalized spacial score (nSPS) is 26.6. The van der Waals surface area contributed by atoms with E-state index in [2.05, 4.69) is 23.2 Å². The fourth-order valence-corrected chi connectivity index (χ4v) is 4.89. The highest BCUT2D eigenvalue weighted by Crippen LogP contribution is 2.35. The molecule has 6 heteroatoms. The van der Waals surface area contributed by atoms with Gasteiger partial charge in [0.1, 0.15) is 5.54 Å². The highest BCUT2D eigenvalue weighted by Gasteiger charge is 2.42. The maximum atomic E-state index is 12.6. The average Bonchev–Trinajstić information content (AvgIpc) is 2.69. The van der Waals surface area contributed by atoms with Gasteiger partial charge in [0.25, 0.3) is 0 Å². The molecular formula is C23H40N4O2. The third kappa shape index (κ3) is 6.70. The first-order chi connectivity index (χ1) is 13.7. The maximum absolute atomic E-state index is 12.6. The Bertz CT molecular complexity index is 606. The summed E-state index contributed by atoms with van der Waals surface area (Å²) in [6.45, 7) is 7.62. The molecule has 0 bridgehead atoms. The minimum absolute atomic E-state index is 0.152. The summed E-state index contributed by atoms with van der Waals surface area (Å²) < 4.78 is 0. The third-order valence-corrected chi connectivity index (χ3v) is 7.00. The summed E-state index contributed by atoms with van der Waals surface area (Å²) in [4.78, 5) is 26.7. The molecule has 2 fully saturated rings. The Balaban J connectivity index is 2.01. The average molecular weight is 405 g/mol. The van der Waals surface area contributed by atoms with Crippen LogP contribution in [0, 0.1) is 22.7 Å². The van der Waals surface area contributed by atoms with Crippen LogP contribution in [0.4, 0.5) is 0 Å². The van der Waals surface area contributed by atoms with E-state index >= 15 is 0 Å². The molecule has 3 N–H and O–H groups in total. The van der Waals surface area contributed by atoms with Crippen LogP contribution in [-0.2, 0) is 9.59 Å². The van der Waals surface area contributed by atoms with E-state index in [0.29, 0.717) is 25.3 Å². The summed E-state index contributed by atoms with van der Waals surface area (Å²) in [7, 11) is 0. The second-order valence-electron chi connectivity index (χ2n) is 9.87. The van der Waals surface area contributed by atoms with Crippen molar-refractivity contribution in [2.75, 3.05) is 13.1 Å². The summed E-state index contributed by atoms with van der Waals surface area (Å²) in [5, 5.41) is 13.0. The van der Waals surface area contributed by atoms with E-state index in [0.717, 1.165) is 31.8 Å². The van der Waals surface area contributed by atoms with Crippen molar-refractivity contribution in [1.29, 1.82) is 5.26 Å². The van der Waals surface area contributed by atoms with Gasteiger partial charge in [-0.25, -0.2) is 0 Å². The predicted molar refractivity (Wildman–Crippen MR) is 115 cm³/mol. The smallest absolute Gasteiger partial charge is 0.223 e. The number of amides is 2. The molecular weight excluding hydrogens is 364 g/mol. The van der Waals surface area contributed by atoms with Crippen LogP contribution in [-0.4, -0.2) is 41.4 Å². The minimum atomic E-state index is -0.794. The van der Waals surface area contributed by atoms with E-state index in [-0.39, 0.29) is 12.3 Å². The van der Waals surface area contributed by atoms with Crippen LogP contribution in [0.5, 0.6) is 0 Å². The molecule has 29 heavy (non-hydrogen) atoms. The molecule has 0 spiro atoms. The molecule has 1 saturated heterocycles. The first-order valence-corrected chi connectivity index (χ1v) is 11.5. The number of carbonyl (C=O) groups excluding carboxylic acids is 2. The van der Waals surface area contributed by atoms with Crippen molar-refractivity contribution in [3.8, 4) is 6.07 Å². The lowest BCUT2D eigenvalue weighted by molar-refractivity contribution is -0.128. The largest absolute Gasteiger partial charge is 0.369 e. The van der Waals surface area contributed by atoms with Gasteiger partial charge in [-0.15, -0.1) is 0 Å². The number of nitrogens with one attached hydrogen (secondary N) is 1. The summed E-state index contributed by atoms with van der Waals surface area (Å²) in [5.41, 5.74) is 3.90. The molecule has 0 radical (unpaired) electrons. The van der Waals surface area contributed by atoms with E-state index in [1.165, 1.54) is 32.1 Å². The van der Waals surface area contributed by atoms with Crippen LogP contribution in [0.25, 0.3) is 0 Å². The van der Waals surface area contributed by atoms with Crippen LogP contribution in [0.15, 0.2) is 0 Å². The zero-order valence-corrected chi connectivity index (χ0v) is 18.6. The summed E-state index contributed by atoms with van der Waals surface area (Å²) >= 11 is 0. The van der Waals surface area contributed by atoms with Crippen molar-refractivity contribution < 1.29 is 9.59 Å². The molecule has 1 heterocycles. The lowest BCUT2D eigenvalue weighted by Gasteiger charge is -2.45. The Morgan fingerprint density at radius 3 is 2.55 bits per heavy atom. The number of hydrogen-bond donors (Lipinski definition) is 2. The second-order valence-corrected chi connectivity index (χ2v) is 9.87. The quantitative estimate of drug-likeness (QED) is 0.614. The van der Waals surface area contributed by atoms with Crippen molar-refractivity contribution in [1.82, 2.24) is 10.2 Å². The van der Waals surface area contributed by atoms with Gasteiger partial charge < -0.3 is 16.0 Å². The Labute approximate surface area is 176 Å². The van der Waals surface area contributed by atoms with Crippen molar-refractivity contribution in [3.05, 3.63) is 0 Å². The van der Waals surface area contributed by atoms with Gasteiger partial charge in [0.15, 0.2) is 0 Å². The monoisotopic (exact) mass is 404 g/mol. The predicted octanol–water partition coefficient (Wildman–Crippen LogP) is 3.50. The van der Waals surface area contributed by atoms with Crippen LogP contribution >= 0.6 is 0 Å². The van der Waals surface area contributed by atoms with Gasteiger partial charge >= 0.3 is 0 Å². The van der Waals surface area contributed by atoms with Gasteiger partial charge in [-0.3, -0.25) is 9.59 Å². The SMILES string of the molecule is CCCN1CCC(C#N)(NC(=O)CCC(C)(C)C(N)=O)CC1CC1CCCCC1. The van der Waals surface area contributed by atoms with Gasteiger partial charge in [0.2, 0.25) is 11.8 Å². The molecule has 1 aliphatic carbocycles. The lowest BCUT2D eigenvalue weighted by Crippen LogP contribution is -2.58. The third-order valence-electron chi connectivity index (χ3n) is 7.00. The first-order valence-electron chi connectivity index (χ1n) is 11.5. The molecule has 1 saturated carbocycles. The molecule has 6 nitrogen and oxygen atoms in total. The van der Waals surface area contributed by atoms with Crippen LogP contribution in [0.1, 0.15) is 91.4 Å². The molecule has 2 aliphatic rings. The van der Waals surface area contributed by atoms with Gasteiger partial charge in [0, 0.05) is 24.4 Å². The maximum Gasteiger partial charge on any atom is 0.223 e. The van der Waals surface area contributed by atoms with E-state index in [1.54, 1.807) is 13.8 Å². The zero-order valence-electron chi connectivity index (χ0n) is 18.6. The van der Waals surface area contributed by atoms with Crippen molar-refractivity contribution in [3.63, 3.8) is 0 Å². The number of likely N-dealkylation sites (tertiary alicyclic amines) is 1. The number of piperidine rings is 1. The lowest BCUT2D eigenvalue weighted by atomic mass is 9.77. The Morgan fingerprint density at radius 1 is 1.28 bits per heavy atom. The highest BCUT2D eigenvalue weighted by molar-refractivity contribution is 5.82. The van der Waals surface area contributed by atoms with Gasteiger partial charge in [-0.2, -0.15) is 5.26 Å². The Kier molecular flexibility index (Phi) is 8.51. The van der Waals surface area contributed by atoms with E-state index in [4.69, 9.17) is 5.73 Å². The molecule has 0 aromatic carbocycles. The number of primary amides is 1. The molecule has 2 atom stereocenters. The fourth-order valence-electron chi connectivity index (χ4n) is 4.89. The standard InChI is InChI=1S/C23H40N4O2/c1-4-13-27-14-12-23(17-24,16-19(27)15-18-8-6-5-7-9-18)26-20(28)10-11-22(2,3)21(25)29/h18-19H,4-16H2,1-3H3,(H2,25,29)(H,26,28). The number of nitrogens with zero attached hydrogens (tertiary/aromatic N) is 2. The Hall–Kier alpha value is -1.61. The van der Waals surface area contributed by atoms with E-state index < -0.39 is 16.9 Å². The zero-order chi connectivity index (χ0) is 21.5. The number of nitrogens with two attached hydrogens (primary N) is 1. The number of carbonyl (C=O) groups is 2. The van der Waals surface area contributed by atoms with Crippen LogP contribution in [0.2, 0.25) is 0 Å². The number of rotatable bonds is 9. The Morgan fingerprint density at radius 2 is 1.97 bits per heavy atom. The van der Waals surface area contributed by atoms with Gasteiger partial charge in [0.05, 0.1) is 6.07 Å². The molecule has 0 aromatic rings. The van der Waals surface area contributed by atoms with Crippen molar-refractivity contribution in [2.45, 2.75) is 103 Å². The molecule has 1 aliphatic heterocycles. The summed E-state index contributed by atoms with van der Waals surface area (Å²) in [6.07, 6.45) is 10.8. The number of nitriles is 1. The molecule has 2 amide bonds. The summed E-state index contributed by atoms with van der Waals surface area (Å²) in [6, 6.07) is 2.80. The molecule has 164 valence electrons. The number of hydrogen-bond acceptors (Lipinski definition) is 4. The first kappa shape index (κ1) is 23.7. The second kappa shape index (κ2) is 10.4. The fraction of sp³-hybridized carbons (Fsp3) is 0.870. The van der Waals surface area contributed by atoms with E-state index in [9.17, 15) is 14.9 Å². The summed E-state index contributed by atoms with van der Waals surface area (Å²) in [5.74, 6) is 0.191. The van der Waals surface area contributed by atoms with E-state index in [1.807, 2.05) is 0 Å². The van der Waals surface area contributed by atoms with Crippen LogP contribution < -0.4 is 11.1 Å². The van der Waals surface area contributed by atoms with Gasteiger partial charge in [-0.1, -0.05) is 52.9 Å². The molecule has 2 unspecified atom stereocenters. The van der Waals surface area contributed by atoms with Gasteiger partial charge in [-0.05, 0) is 44.6 Å². The highest BCUT2D eigenvalue weighted by atomic mass is 16.2. The van der Waals surface area contributed by atoms with Crippen LogP contribution in [0.3, 0.4) is 0 Å². The topological polar surface area (TPSA) is 99.2 Å². The molecule has 2 rings (SSSR count). The minimum Gasteiger partial charge on any atom is -0.369 e.